The Bertz CT molecular complexity index is 145. The Balaban J connectivity index is 0.000000165. The van der Waals surface area contributed by atoms with Crippen LogP contribution >= 0.6 is 0 Å². The van der Waals surface area contributed by atoms with Gasteiger partial charge in [0.15, 0.2) is 0 Å². The fraction of sp³-hybridized carbons (Fsp3) is 1.00. The van der Waals surface area contributed by atoms with Crippen molar-refractivity contribution >= 4 is 0 Å². The molecule has 0 aromatic rings. The van der Waals surface area contributed by atoms with Crippen molar-refractivity contribution in [2.75, 3.05) is 0 Å². The molecule has 2 fully saturated rings. The van der Waals surface area contributed by atoms with E-state index in [1.165, 1.54) is 51.4 Å². The van der Waals surface area contributed by atoms with E-state index in [-0.39, 0.29) is 12.2 Å². The highest BCUT2D eigenvalue weighted by molar-refractivity contribution is 4.61. The van der Waals surface area contributed by atoms with Gasteiger partial charge in [0, 0.05) is 0 Å². The minimum atomic E-state index is 0.0188. The molecule has 2 heteroatoms. The molecule has 16 heavy (non-hydrogen) atoms. The molecule has 0 heterocycles. The Hall–Kier alpha value is -0.0800. The van der Waals surface area contributed by atoms with Crippen molar-refractivity contribution in [1.29, 1.82) is 0 Å². The predicted octanol–water partition coefficient (Wildman–Crippen LogP) is 3.40. The van der Waals surface area contributed by atoms with Gasteiger partial charge in [-0.1, -0.05) is 51.4 Å². The standard InChI is InChI=1S/C8H16O.C6H12O/c9-8-6-4-2-1-3-5-7-8;7-6-4-2-1-3-5-6/h8-9H,1-7H2;6-7H,1-5H2. The van der Waals surface area contributed by atoms with E-state index in [2.05, 4.69) is 0 Å². The maximum absolute atomic E-state index is 9.21. The Morgan fingerprint density at radius 1 is 0.438 bits per heavy atom. The monoisotopic (exact) mass is 228 g/mol. The predicted molar refractivity (Wildman–Crippen MR) is 67.4 cm³/mol. The largest absolute Gasteiger partial charge is 0.393 e. The first-order valence-electron chi connectivity index (χ1n) is 7.15. The first-order valence-corrected chi connectivity index (χ1v) is 7.15. The molecule has 0 atom stereocenters. The highest BCUT2D eigenvalue weighted by Crippen LogP contribution is 2.17. The number of rotatable bonds is 0. The van der Waals surface area contributed by atoms with Crippen molar-refractivity contribution in [3.8, 4) is 0 Å². The molecule has 0 aromatic carbocycles. The van der Waals surface area contributed by atoms with Gasteiger partial charge >= 0.3 is 0 Å². The van der Waals surface area contributed by atoms with Crippen LogP contribution in [0.5, 0.6) is 0 Å². The number of aliphatic hydroxyl groups is 2. The molecule has 0 bridgehead atoms. The SMILES string of the molecule is OC1CCCCC1.OC1CCCCCCC1. The quantitative estimate of drug-likeness (QED) is 0.667. The summed E-state index contributed by atoms with van der Waals surface area (Å²) in [6.45, 7) is 0. The topological polar surface area (TPSA) is 40.5 Å². The van der Waals surface area contributed by atoms with Crippen LogP contribution in [0.15, 0.2) is 0 Å². The normalized spacial score (nSPS) is 25.1. The van der Waals surface area contributed by atoms with Crippen LogP contribution in [0.4, 0.5) is 0 Å². The van der Waals surface area contributed by atoms with E-state index in [9.17, 15) is 5.11 Å². The van der Waals surface area contributed by atoms with Crippen LogP contribution in [0.1, 0.15) is 77.0 Å². The van der Waals surface area contributed by atoms with E-state index in [0.29, 0.717) is 0 Å². The smallest absolute Gasteiger partial charge is 0.0540 e. The van der Waals surface area contributed by atoms with Crippen molar-refractivity contribution in [2.24, 2.45) is 0 Å². The summed E-state index contributed by atoms with van der Waals surface area (Å²) in [4.78, 5) is 0. The molecule has 0 aromatic heterocycles. The molecular weight excluding hydrogens is 200 g/mol. The fourth-order valence-corrected chi connectivity index (χ4v) is 2.52. The fourth-order valence-electron chi connectivity index (χ4n) is 2.52. The van der Waals surface area contributed by atoms with Crippen LogP contribution in [0.25, 0.3) is 0 Å². The van der Waals surface area contributed by atoms with Gasteiger partial charge in [-0.05, 0) is 25.7 Å². The maximum atomic E-state index is 9.21. The summed E-state index contributed by atoms with van der Waals surface area (Å²) in [6, 6.07) is 0. The van der Waals surface area contributed by atoms with Gasteiger partial charge in [0.2, 0.25) is 0 Å². The Labute approximate surface area is 100 Å². The maximum Gasteiger partial charge on any atom is 0.0540 e. The molecule has 0 aliphatic heterocycles. The molecule has 0 spiro atoms. The van der Waals surface area contributed by atoms with Gasteiger partial charge in [-0.25, -0.2) is 0 Å². The molecule has 2 rings (SSSR count). The van der Waals surface area contributed by atoms with Crippen LogP contribution in [0, 0.1) is 0 Å². The summed E-state index contributed by atoms with van der Waals surface area (Å²) in [5, 5.41) is 18.1. The lowest BCUT2D eigenvalue weighted by molar-refractivity contribution is 0.130. The van der Waals surface area contributed by atoms with Gasteiger partial charge < -0.3 is 10.2 Å². The van der Waals surface area contributed by atoms with Gasteiger partial charge in [0.25, 0.3) is 0 Å². The van der Waals surface area contributed by atoms with E-state index >= 15 is 0 Å². The Morgan fingerprint density at radius 2 is 0.688 bits per heavy atom. The van der Waals surface area contributed by atoms with Gasteiger partial charge in [0.1, 0.15) is 0 Å². The van der Waals surface area contributed by atoms with Crippen molar-refractivity contribution in [2.45, 2.75) is 89.3 Å². The summed E-state index contributed by atoms with van der Waals surface area (Å²) in [7, 11) is 0. The molecule has 0 radical (unpaired) electrons. The molecule has 0 amide bonds. The Kier molecular flexibility index (Phi) is 7.87. The van der Waals surface area contributed by atoms with Crippen molar-refractivity contribution in [3.63, 3.8) is 0 Å². The molecule has 2 nitrogen and oxygen atoms in total. The third-order valence-electron chi connectivity index (χ3n) is 3.65. The summed E-state index contributed by atoms with van der Waals surface area (Å²) in [5.41, 5.74) is 0. The van der Waals surface area contributed by atoms with Crippen LogP contribution in [-0.4, -0.2) is 22.4 Å². The van der Waals surface area contributed by atoms with Crippen molar-refractivity contribution in [1.82, 2.24) is 0 Å². The highest BCUT2D eigenvalue weighted by Gasteiger charge is 2.07. The highest BCUT2D eigenvalue weighted by atomic mass is 16.3. The Morgan fingerprint density at radius 3 is 1.06 bits per heavy atom. The second kappa shape index (κ2) is 9.00. The summed E-state index contributed by atoms with van der Waals surface area (Å²) < 4.78 is 0. The molecular formula is C14H28O2. The first kappa shape index (κ1) is 14.0. The molecule has 0 saturated heterocycles. The molecule has 2 N–H and O–H groups in total. The average molecular weight is 228 g/mol. The summed E-state index contributed by atoms with van der Waals surface area (Å²) in [5.74, 6) is 0. The zero-order chi connectivity index (χ0) is 11.6. The van der Waals surface area contributed by atoms with Crippen molar-refractivity contribution < 1.29 is 10.2 Å². The lowest BCUT2D eigenvalue weighted by Crippen LogP contribution is -2.09. The van der Waals surface area contributed by atoms with Gasteiger partial charge in [-0.15, -0.1) is 0 Å². The second-order valence-corrected chi connectivity index (χ2v) is 5.29. The van der Waals surface area contributed by atoms with Crippen LogP contribution in [0.2, 0.25) is 0 Å². The van der Waals surface area contributed by atoms with Gasteiger partial charge in [-0.3, -0.25) is 0 Å². The average Bonchev–Trinajstić information content (AvgIpc) is 2.26. The lowest BCUT2D eigenvalue weighted by Gasteiger charge is -2.14. The minimum Gasteiger partial charge on any atom is -0.393 e. The number of hydrogen-bond acceptors (Lipinski definition) is 2. The summed E-state index contributed by atoms with van der Waals surface area (Å²) in [6.07, 6.45) is 14.5. The van der Waals surface area contributed by atoms with E-state index in [4.69, 9.17) is 5.11 Å². The molecule has 2 saturated carbocycles. The first-order chi connectivity index (χ1) is 7.79. The third-order valence-corrected chi connectivity index (χ3v) is 3.65. The zero-order valence-electron chi connectivity index (χ0n) is 10.5. The van der Waals surface area contributed by atoms with Gasteiger partial charge in [0.05, 0.1) is 12.2 Å². The number of aliphatic hydroxyl groups excluding tert-OH is 2. The zero-order valence-corrected chi connectivity index (χ0v) is 10.5. The van der Waals surface area contributed by atoms with E-state index in [1.807, 2.05) is 0 Å². The molecule has 96 valence electrons. The lowest BCUT2D eigenvalue weighted by atomic mass is 9.98. The van der Waals surface area contributed by atoms with Crippen LogP contribution < -0.4 is 0 Å². The minimum absolute atomic E-state index is 0.0188. The van der Waals surface area contributed by atoms with E-state index in [1.54, 1.807) is 0 Å². The van der Waals surface area contributed by atoms with Crippen LogP contribution in [0.3, 0.4) is 0 Å². The van der Waals surface area contributed by atoms with Gasteiger partial charge in [-0.2, -0.15) is 0 Å². The third kappa shape index (κ3) is 7.24. The second-order valence-electron chi connectivity index (χ2n) is 5.29. The van der Waals surface area contributed by atoms with E-state index in [0.717, 1.165) is 25.7 Å². The molecule has 0 unspecified atom stereocenters. The van der Waals surface area contributed by atoms with E-state index < -0.39 is 0 Å². The van der Waals surface area contributed by atoms with Crippen LogP contribution in [-0.2, 0) is 0 Å². The molecule has 2 aliphatic carbocycles. The number of hydrogen-bond donors (Lipinski definition) is 2. The summed E-state index contributed by atoms with van der Waals surface area (Å²) >= 11 is 0. The van der Waals surface area contributed by atoms with Crippen molar-refractivity contribution in [3.05, 3.63) is 0 Å². The molecule has 2 aliphatic rings.